The second kappa shape index (κ2) is 11.2. The molecule has 23 heavy (non-hydrogen) atoms. The van der Waals surface area contributed by atoms with Crippen molar-refractivity contribution in [2.75, 3.05) is 0 Å². The molecule has 1 aromatic rings. The second-order valence-corrected chi connectivity index (χ2v) is 4.65. The predicted octanol–water partition coefficient (Wildman–Crippen LogP) is 3.80. The molecule has 0 aliphatic rings. The van der Waals surface area contributed by atoms with Gasteiger partial charge in [0.15, 0.2) is 0 Å². The number of halogens is 3. The Bertz CT molecular complexity index is 583. The lowest BCUT2D eigenvalue weighted by Crippen LogP contribution is -2.05. The number of nitrogens with zero attached hydrogens (tertiary/aromatic N) is 1. The molecule has 0 fully saturated rings. The summed E-state index contributed by atoms with van der Waals surface area (Å²) in [6.07, 6.45) is 0.784. The van der Waals surface area contributed by atoms with Crippen molar-refractivity contribution in [2.24, 2.45) is 0 Å². The van der Waals surface area contributed by atoms with Crippen LogP contribution in [0, 0.1) is 11.3 Å². The molecule has 0 bridgehead atoms. The van der Waals surface area contributed by atoms with Gasteiger partial charge in [0.05, 0.1) is 11.6 Å². The van der Waals surface area contributed by atoms with Crippen molar-refractivity contribution in [1.29, 1.82) is 5.26 Å². The highest BCUT2D eigenvalue weighted by molar-refractivity contribution is 5.94. The van der Waals surface area contributed by atoms with E-state index in [9.17, 15) is 22.8 Å². The highest BCUT2D eigenvalue weighted by Crippen LogP contribution is 2.19. The van der Waals surface area contributed by atoms with Crippen LogP contribution < -0.4 is 0 Å². The van der Waals surface area contributed by atoms with Gasteiger partial charge in [-0.3, -0.25) is 9.59 Å². The summed E-state index contributed by atoms with van der Waals surface area (Å²) in [4.78, 5) is 20.3. The van der Waals surface area contributed by atoms with Gasteiger partial charge in [0.2, 0.25) is 0 Å². The van der Waals surface area contributed by atoms with Gasteiger partial charge in [-0.05, 0) is 29.7 Å². The number of benzene rings is 1. The fourth-order valence-corrected chi connectivity index (χ4v) is 1.74. The van der Waals surface area contributed by atoms with Crippen LogP contribution in [-0.4, -0.2) is 16.9 Å². The zero-order valence-corrected chi connectivity index (χ0v) is 12.7. The lowest BCUT2D eigenvalue weighted by Gasteiger charge is -2.06. The van der Waals surface area contributed by atoms with Crippen LogP contribution in [0.3, 0.4) is 0 Å². The summed E-state index contributed by atoms with van der Waals surface area (Å²) in [5, 5.41) is 16.7. The first kappa shape index (κ1) is 20.6. The van der Waals surface area contributed by atoms with Crippen molar-refractivity contribution in [3.05, 3.63) is 34.4 Å². The molecule has 1 rings (SSSR count). The molecule has 0 saturated heterocycles. The maximum atomic E-state index is 12.4. The predicted molar refractivity (Wildman–Crippen MR) is 77.8 cm³/mol. The van der Waals surface area contributed by atoms with Crippen molar-refractivity contribution >= 4 is 11.8 Å². The van der Waals surface area contributed by atoms with Crippen LogP contribution in [0.4, 0.5) is 13.2 Å². The number of rotatable bonds is 7. The fraction of sp³-hybridized carbons (Fsp3) is 0.438. The Hall–Kier alpha value is -2.36. The molecule has 0 amide bonds. The molecule has 0 saturated carbocycles. The molecule has 0 atom stereocenters. The first-order valence-electron chi connectivity index (χ1n) is 6.89. The summed E-state index contributed by atoms with van der Waals surface area (Å²) in [6.45, 7) is -0.694. The maximum absolute atomic E-state index is 12.4. The van der Waals surface area contributed by atoms with E-state index in [1.54, 1.807) is 6.07 Å². The normalized spacial score (nSPS) is 9.52. The number of Topliss-reactive ketones (excluding diaryl/α,β-unsaturated/α-hetero) is 1. The van der Waals surface area contributed by atoms with E-state index in [-0.39, 0.29) is 34.5 Å². The molecule has 4 nitrogen and oxygen atoms in total. The third-order valence-electron chi connectivity index (χ3n) is 2.86. The minimum absolute atomic E-state index is 0.0670. The van der Waals surface area contributed by atoms with E-state index in [1.165, 1.54) is 12.1 Å². The third kappa shape index (κ3) is 7.45. The number of carboxylic acids is 1. The van der Waals surface area contributed by atoms with Crippen LogP contribution in [0.1, 0.15) is 48.4 Å². The first-order valence-corrected chi connectivity index (χ1v) is 6.89. The molecular weight excluding hydrogens is 311 g/mol. The van der Waals surface area contributed by atoms with Gasteiger partial charge < -0.3 is 5.11 Å². The number of carbonyl (C=O) groups excluding carboxylic acids is 1. The molecule has 7 heteroatoms. The Balaban J connectivity index is 0.000000468. The molecule has 0 spiro atoms. The minimum Gasteiger partial charge on any atom is -0.481 e. The Morgan fingerprint density at radius 1 is 1.09 bits per heavy atom. The van der Waals surface area contributed by atoms with E-state index in [2.05, 4.69) is 0 Å². The second-order valence-electron chi connectivity index (χ2n) is 4.65. The van der Waals surface area contributed by atoms with E-state index in [0.717, 1.165) is 6.42 Å². The standard InChI is InChI=1S/C10H8F3N.C6H10O3/c11-3-7-1-9(5-13)10(6-14)2-8(7)4-12;1-2-3-5(7)4-6(8)9/h1-2H,3-5H2;2-4H2,1H3,(H,8,9). The number of nitriles is 1. The monoisotopic (exact) mass is 329 g/mol. The number of alkyl halides is 3. The van der Waals surface area contributed by atoms with E-state index in [1.807, 2.05) is 6.92 Å². The number of carboxylic acid groups (broad SMARTS) is 1. The summed E-state index contributed by atoms with van der Waals surface area (Å²) in [5.41, 5.74) is 0.398. The number of hydrogen-bond donors (Lipinski definition) is 1. The smallest absolute Gasteiger partial charge is 0.310 e. The Kier molecular flexibility index (Phi) is 10.1. The van der Waals surface area contributed by atoms with Gasteiger partial charge in [-0.2, -0.15) is 5.26 Å². The number of aliphatic carboxylic acids is 1. The molecule has 0 aliphatic heterocycles. The van der Waals surface area contributed by atoms with Crippen molar-refractivity contribution in [1.82, 2.24) is 0 Å². The molecule has 0 radical (unpaired) electrons. The number of hydrogen-bond acceptors (Lipinski definition) is 3. The lowest BCUT2D eigenvalue weighted by atomic mass is 10.0. The molecule has 1 aromatic carbocycles. The topological polar surface area (TPSA) is 78.2 Å². The number of ketones is 1. The van der Waals surface area contributed by atoms with Gasteiger partial charge in [0.1, 0.15) is 32.2 Å². The van der Waals surface area contributed by atoms with Crippen LogP contribution in [0.5, 0.6) is 0 Å². The molecule has 0 aromatic heterocycles. The Labute approximate surface area is 132 Å². The van der Waals surface area contributed by atoms with Gasteiger partial charge in [-0.25, -0.2) is 13.2 Å². The van der Waals surface area contributed by atoms with Crippen LogP contribution in [0.2, 0.25) is 0 Å². The molecule has 1 N–H and O–H groups in total. The summed E-state index contributed by atoms with van der Waals surface area (Å²) < 4.78 is 37.1. The van der Waals surface area contributed by atoms with Crippen LogP contribution >= 0.6 is 0 Å². The van der Waals surface area contributed by atoms with Gasteiger partial charge in [-0.1, -0.05) is 6.92 Å². The zero-order valence-electron chi connectivity index (χ0n) is 12.7. The van der Waals surface area contributed by atoms with Crippen LogP contribution in [0.25, 0.3) is 0 Å². The molecule has 126 valence electrons. The van der Waals surface area contributed by atoms with E-state index in [0.29, 0.717) is 6.42 Å². The summed E-state index contributed by atoms with van der Waals surface area (Å²) in [6, 6.07) is 4.14. The van der Waals surface area contributed by atoms with Crippen molar-refractivity contribution in [3.8, 4) is 6.07 Å². The number of carbonyl (C=O) groups is 2. The fourth-order valence-electron chi connectivity index (χ4n) is 1.74. The van der Waals surface area contributed by atoms with Gasteiger partial charge in [-0.15, -0.1) is 0 Å². The SMILES string of the molecule is CCCC(=O)CC(=O)O.N#Cc1cc(CF)c(CF)cc1CF. The summed E-state index contributed by atoms with van der Waals surface area (Å²) in [7, 11) is 0. The molecule has 0 unspecified atom stereocenters. The first-order chi connectivity index (χ1) is 10.9. The average molecular weight is 329 g/mol. The highest BCUT2D eigenvalue weighted by atomic mass is 19.1. The lowest BCUT2D eigenvalue weighted by molar-refractivity contribution is -0.140. The van der Waals surface area contributed by atoms with Gasteiger partial charge >= 0.3 is 5.97 Å². The van der Waals surface area contributed by atoms with Crippen molar-refractivity contribution in [2.45, 2.75) is 46.2 Å². The van der Waals surface area contributed by atoms with Crippen LogP contribution in [-0.2, 0) is 29.6 Å². The summed E-state index contributed by atoms with van der Waals surface area (Å²) in [5.74, 6) is -1.22. The van der Waals surface area contributed by atoms with E-state index < -0.39 is 26.0 Å². The maximum Gasteiger partial charge on any atom is 0.310 e. The Morgan fingerprint density at radius 2 is 1.61 bits per heavy atom. The molecule has 0 aliphatic carbocycles. The third-order valence-corrected chi connectivity index (χ3v) is 2.86. The van der Waals surface area contributed by atoms with Crippen molar-refractivity contribution < 1.29 is 27.9 Å². The summed E-state index contributed by atoms with van der Waals surface area (Å²) >= 11 is 0. The van der Waals surface area contributed by atoms with Gasteiger partial charge in [0, 0.05) is 12.0 Å². The molecule has 0 heterocycles. The van der Waals surface area contributed by atoms with Gasteiger partial charge in [0.25, 0.3) is 0 Å². The average Bonchev–Trinajstić information content (AvgIpc) is 2.53. The molecular formula is C16H18F3NO3. The minimum atomic E-state index is -1.03. The quantitative estimate of drug-likeness (QED) is 0.772. The largest absolute Gasteiger partial charge is 0.481 e. The highest BCUT2D eigenvalue weighted by Gasteiger charge is 2.09. The Morgan fingerprint density at radius 3 is 2.00 bits per heavy atom. The zero-order chi connectivity index (χ0) is 17.8. The van der Waals surface area contributed by atoms with E-state index in [4.69, 9.17) is 10.4 Å². The van der Waals surface area contributed by atoms with E-state index >= 15 is 0 Å². The van der Waals surface area contributed by atoms with Crippen LogP contribution in [0.15, 0.2) is 12.1 Å². The van der Waals surface area contributed by atoms with Crippen molar-refractivity contribution in [3.63, 3.8) is 0 Å².